The molecule has 0 radical (unpaired) electrons. The van der Waals surface area contributed by atoms with Gasteiger partial charge >= 0.3 is 0 Å². The first-order valence-electron chi connectivity index (χ1n) is 7.95. The second kappa shape index (κ2) is 5.99. The number of methoxy groups -OCH3 is 1. The molecule has 0 saturated carbocycles. The van der Waals surface area contributed by atoms with Crippen molar-refractivity contribution in [2.75, 3.05) is 20.2 Å². The number of rotatable bonds is 2. The van der Waals surface area contributed by atoms with E-state index in [0.717, 1.165) is 35.2 Å². The maximum absolute atomic E-state index is 13.0. The van der Waals surface area contributed by atoms with Crippen molar-refractivity contribution in [3.63, 3.8) is 0 Å². The van der Waals surface area contributed by atoms with Gasteiger partial charge in [-0.1, -0.05) is 38.1 Å². The average molecular weight is 297 g/mol. The van der Waals surface area contributed by atoms with Crippen LogP contribution in [-0.2, 0) is 0 Å². The summed E-state index contributed by atoms with van der Waals surface area (Å²) in [7, 11) is 1.66. The zero-order valence-electron chi connectivity index (χ0n) is 13.5. The first-order valence-corrected chi connectivity index (χ1v) is 7.95. The molecule has 3 rings (SSSR count). The van der Waals surface area contributed by atoms with Crippen LogP contribution in [0.25, 0.3) is 10.8 Å². The number of hydrogen-bond donors (Lipinski definition) is 0. The van der Waals surface area contributed by atoms with Gasteiger partial charge in [0.2, 0.25) is 0 Å². The number of likely N-dealkylation sites (tertiary alicyclic amines) is 1. The number of ether oxygens (including phenoxy) is 1. The van der Waals surface area contributed by atoms with Gasteiger partial charge in [0.1, 0.15) is 5.75 Å². The summed E-state index contributed by atoms with van der Waals surface area (Å²) in [5.41, 5.74) is 0.776. The van der Waals surface area contributed by atoms with Crippen molar-refractivity contribution < 1.29 is 9.53 Å². The Morgan fingerprint density at radius 2 is 1.68 bits per heavy atom. The van der Waals surface area contributed by atoms with Crippen LogP contribution in [0.1, 0.15) is 30.6 Å². The molecule has 22 heavy (non-hydrogen) atoms. The van der Waals surface area contributed by atoms with Gasteiger partial charge in [-0.15, -0.1) is 0 Å². The smallest absolute Gasteiger partial charge is 0.254 e. The summed E-state index contributed by atoms with van der Waals surface area (Å²) in [6, 6.07) is 11.7. The van der Waals surface area contributed by atoms with Crippen molar-refractivity contribution in [1.29, 1.82) is 0 Å². The monoisotopic (exact) mass is 297 g/mol. The van der Waals surface area contributed by atoms with Crippen LogP contribution in [0, 0.1) is 11.8 Å². The Morgan fingerprint density at radius 3 is 2.32 bits per heavy atom. The molecule has 2 atom stereocenters. The zero-order chi connectivity index (χ0) is 15.7. The van der Waals surface area contributed by atoms with Gasteiger partial charge in [0.05, 0.1) is 7.11 Å². The zero-order valence-corrected chi connectivity index (χ0v) is 13.5. The fraction of sp³-hybridized carbons (Fsp3) is 0.421. The van der Waals surface area contributed by atoms with Crippen molar-refractivity contribution >= 4 is 16.7 Å². The van der Waals surface area contributed by atoms with Gasteiger partial charge in [0, 0.05) is 24.0 Å². The lowest BCUT2D eigenvalue weighted by Crippen LogP contribution is -2.42. The summed E-state index contributed by atoms with van der Waals surface area (Å²) in [6.45, 7) is 6.15. The van der Waals surface area contributed by atoms with E-state index in [1.807, 2.05) is 41.3 Å². The number of nitrogens with zero attached hydrogens (tertiary/aromatic N) is 1. The van der Waals surface area contributed by atoms with Crippen LogP contribution in [0.5, 0.6) is 5.75 Å². The quantitative estimate of drug-likeness (QED) is 0.839. The number of carbonyl (C=O) groups excluding carboxylic acids is 1. The minimum Gasteiger partial charge on any atom is -0.496 e. The van der Waals surface area contributed by atoms with Crippen LogP contribution in [0.2, 0.25) is 0 Å². The van der Waals surface area contributed by atoms with Gasteiger partial charge in [-0.25, -0.2) is 0 Å². The predicted molar refractivity (Wildman–Crippen MR) is 89.3 cm³/mol. The Kier molecular flexibility index (Phi) is 4.06. The number of fused-ring (bicyclic) bond motifs is 1. The number of hydrogen-bond acceptors (Lipinski definition) is 2. The highest BCUT2D eigenvalue weighted by molar-refractivity contribution is 6.08. The van der Waals surface area contributed by atoms with Gasteiger partial charge in [-0.05, 0) is 35.8 Å². The minimum atomic E-state index is 0.136. The van der Waals surface area contributed by atoms with Crippen LogP contribution >= 0.6 is 0 Å². The van der Waals surface area contributed by atoms with Gasteiger partial charge in [-0.3, -0.25) is 4.79 Å². The topological polar surface area (TPSA) is 29.5 Å². The van der Waals surface area contributed by atoms with E-state index in [2.05, 4.69) is 13.8 Å². The predicted octanol–water partition coefficient (Wildman–Crippen LogP) is 3.97. The molecule has 0 spiro atoms. The lowest BCUT2D eigenvalue weighted by Gasteiger charge is -2.35. The van der Waals surface area contributed by atoms with Crippen LogP contribution < -0.4 is 4.74 Å². The molecular formula is C19H23NO2. The maximum atomic E-state index is 13.0. The number of amides is 1. The summed E-state index contributed by atoms with van der Waals surface area (Å²) in [4.78, 5) is 15.0. The molecule has 3 nitrogen and oxygen atoms in total. The molecule has 1 heterocycles. The second-order valence-electron chi connectivity index (χ2n) is 6.52. The normalized spacial score (nSPS) is 21.9. The number of carbonyl (C=O) groups is 1. The summed E-state index contributed by atoms with van der Waals surface area (Å²) in [5, 5.41) is 1.96. The molecule has 116 valence electrons. The van der Waals surface area contributed by atoms with E-state index in [1.165, 1.54) is 6.42 Å². The molecule has 0 aliphatic carbocycles. The molecule has 1 fully saturated rings. The van der Waals surface area contributed by atoms with Gasteiger partial charge in [0.25, 0.3) is 5.91 Å². The highest BCUT2D eigenvalue weighted by Crippen LogP contribution is 2.30. The molecule has 1 aliphatic heterocycles. The van der Waals surface area contributed by atoms with Crippen LogP contribution in [-0.4, -0.2) is 31.0 Å². The maximum Gasteiger partial charge on any atom is 0.254 e. The van der Waals surface area contributed by atoms with Crippen LogP contribution in [0.15, 0.2) is 36.4 Å². The summed E-state index contributed by atoms with van der Waals surface area (Å²) in [6.07, 6.45) is 1.20. The molecule has 1 amide bonds. The van der Waals surface area contributed by atoms with E-state index < -0.39 is 0 Å². The lowest BCUT2D eigenvalue weighted by molar-refractivity contribution is 0.0625. The molecule has 3 heteroatoms. The Balaban J connectivity index is 2.01. The van der Waals surface area contributed by atoms with E-state index in [4.69, 9.17) is 4.74 Å². The number of benzene rings is 2. The molecular weight excluding hydrogens is 274 g/mol. The third-order valence-corrected chi connectivity index (χ3v) is 4.49. The fourth-order valence-corrected chi connectivity index (χ4v) is 3.64. The second-order valence-corrected chi connectivity index (χ2v) is 6.52. The molecule has 0 bridgehead atoms. The lowest BCUT2D eigenvalue weighted by atomic mass is 9.91. The first-order chi connectivity index (χ1) is 10.6. The highest BCUT2D eigenvalue weighted by atomic mass is 16.5. The Bertz CT molecular complexity index is 685. The van der Waals surface area contributed by atoms with Gasteiger partial charge in [-0.2, -0.15) is 0 Å². The van der Waals surface area contributed by atoms with E-state index in [0.29, 0.717) is 11.8 Å². The SMILES string of the molecule is COc1ccc(C(=O)N2C[C@H](C)C[C@H](C)C2)c2ccccc12. The first kappa shape index (κ1) is 14.9. The number of piperidine rings is 1. The van der Waals surface area contributed by atoms with Crippen molar-refractivity contribution in [2.24, 2.45) is 11.8 Å². The van der Waals surface area contributed by atoms with Gasteiger partial charge in [0.15, 0.2) is 0 Å². The molecule has 2 aromatic rings. The van der Waals surface area contributed by atoms with E-state index in [9.17, 15) is 4.79 Å². The summed E-state index contributed by atoms with van der Waals surface area (Å²) < 4.78 is 5.42. The average Bonchev–Trinajstić information content (AvgIpc) is 2.52. The molecule has 2 aromatic carbocycles. The highest BCUT2D eigenvalue weighted by Gasteiger charge is 2.27. The Labute approximate surface area is 131 Å². The molecule has 0 unspecified atom stereocenters. The van der Waals surface area contributed by atoms with Crippen molar-refractivity contribution in [3.05, 3.63) is 42.0 Å². The fourth-order valence-electron chi connectivity index (χ4n) is 3.64. The summed E-state index contributed by atoms with van der Waals surface area (Å²) >= 11 is 0. The van der Waals surface area contributed by atoms with E-state index >= 15 is 0 Å². The van der Waals surface area contributed by atoms with Crippen LogP contribution in [0.3, 0.4) is 0 Å². The third-order valence-electron chi connectivity index (χ3n) is 4.49. The van der Waals surface area contributed by atoms with Crippen molar-refractivity contribution in [1.82, 2.24) is 4.90 Å². The largest absolute Gasteiger partial charge is 0.496 e. The molecule has 1 saturated heterocycles. The van der Waals surface area contributed by atoms with E-state index in [1.54, 1.807) is 7.11 Å². The third kappa shape index (κ3) is 2.68. The molecule has 1 aliphatic rings. The standard InChI is InChI=1S/C19H23NO2/c1-13-10-14(2)12-20(11-13)19(21)17-8-9-18(22-3)16-7-5-4-6-15(16)17/h4-9,13-14H,10-12H2,1-3H3/t13-,14+. The van der Waals surface area contributed by atoms with Crippen molar-refractivity contribution in [2.45, 2.75) is 20.3 Å². The van der Waals surface area contributed by atoms with E-state index in [-0.39, 0.29) is 5.91 Å². The molecule has 0 N–H and O–H groups in total. The molecule has 0 aromatic heterocycles. The Morgan fingerprint density at radius 1 is 1.05 bits per heavy atom. The van der Waals surface area contributed by atoms with Gasteiger partial charge < -0.3 is 9.64 Å². The Hall–Kier alpha value is -2.03. The van der Waals surface area contributed by atoms with Crippen LogP contribution in [0.4, 0.5) is 0 Å². The summed E-state index contributed by atoms with van der Waals surface area (Å²) in [5.74, 6) is 2.08. The van der Waals surface area contributed by atoms with Crippen molar-refractivity contribution in [3.8, 4) is 5.75 Å². The minimum absolute atomic E-state index is 0.136.